The highest BCUT2D eigenvalue weighted by molar-refractivity contribution is 8.13. The molecule has 1 saturated carbocycles. The number of hydrogen-bond donors (Lipinski definition) is 0. The van der Waals surface area contributed by atoms with Crippen molar-refractivity contribution in [2.24, 2.45) is 11.8 Å². The maximum absolute atomic E-state index is 11.9. The molecule has 1 aromatic heterocycles. The molecule has 0 radical (unpaired) electrons. The SMILES string of the molecule is CSc1cnn(CC2CCN(Cc3ccc([C@H]4CC[C@@H](C(=O)SC)CC4)cc3)CC2)c1. The van der Waals surface area contributed by atoms with Crippen LogP contribution < -0.4 is 0 Å². The molecule has 2 heterocycles. The molecule has 0 N–H and O–H groups in total. The molecule has 4 rings (SSSR count). The minimum Gasteiger partial charge on any atom is -0.299 e. The summed E-state index contributed by atoms with van der Waals surface area (Å²) >= 11 is 3.16. The van der Waals surface area contributed by atoms with Gasteiger partial charge in [-0.25, -0.2) is 0 Å². The van der Waals surface area contributed by atoms with Crippen LogP contribution >= 0.6 is 23.5 Å². The van der Waals surface area contributed by atoms with Crippen LogP contribution in [0.25, 0.3) is 0 Å². The van der Waals surface area contributed by atoms with Crippen LogP contribution in [0.4, 0.5) is 0 Å². The Morgan fingerprint density at radius 1 is 1.03 bits per heavy atom. The fourth-order valence-electron chi connectivity index (χ4n) is 5.12. The van der Waals surface area contributed by atoms with Crippen LogP contribution in [0.5, 0.6) is 0 Å². The normalized spacial score (nSPS) is 23.2. The maximum atomic E-state index is 11.9. The number of carbonyl (C=O) groups excluding carboxylic acids is 1. The van der Waals surface area contributed by atoms with E-state index < -0.39 is 0 Å². The first-order valence-corrected chi connectivity index (χ1v) is 14.0. The summed E-state index contributed by atoms with van der Waals surface area (Å²) < 4.78 is 2.12. The van der Waals surface area contributed by atoms with E-state index in [-0.39, 0.29) is 5.92 Å². The number of piperidine rings is 1. The van der Waals surface area contributed by atoms with Gasteiger partial charge in [-0.15, -0.1) is 11.8 Å². The van der Waals surface area contributed by atoms with E-state index in [4.69, 9.17) is 0 Å². The molecule has 4 nitrogen and oxygen atoms in total. The first-order chi connectivity index (χ1) is 15.1. The minimum atomic E-state index is 0.286. The zero-order valence-electron chi connectivity index (χ0n) is 18.8. The number of likely N-dealkylation sites (tertiary alicyclic amines) is 1. The van der Waals surface area contributed by atoms with Crippen LogP contribution in [0.1, 0.15) is 55.6 Å². The van der Waals surface area contributed by atoms with E-state index in [0.29, 0.717) is 11.0 Å². The Morgan fingerprint density at radius 2 is 1.74 bits per heavy atom. The molecule has 6 heteroatoms. The molecule has 0 amide bonds. The molecule has 1 saturated heterocycles. The van der Waals surface area contributed by atoms with Gasteiger partial charge in [-0.05, 0) is 87.1 Å². The van der Waals surface area contributed by atoms with Crippen molar-refractivity contribution in [3.05, 3.63) is 47.8 Å². The Labute approximate surface area is 195 Å². The summed E-state index contributed by atoms with van der Waals surface area (Å²) in [6.45, 7) is 4.46. The van der Waals surface area contributed by atoms with Gasteiger partial charge in [0.25, 0.3) is 0 Å². The van der Waals surface area contributed by atoms with E-state index in [9.17, 15) is 4.79 Å². The van der Waals surface area contributed by atoms with Crippen molar-refractivity contribution in [1.29, 1.82) is 0 Å². The van der Waals surface area contributed by atoms with E-state index in [2.05, 4.69) is 51.4 Å². The molecular weight excluding hydrogens is 422 g/mol. The molecule has 0 atom stereocenters. The number of benzene rings is 1. The fourth-order valence-corrected chi connectivity index (χ4v) is 6.07. The molecule has 2 fully saturated rings. The summed E-state index contributed by atoms with van der Waals surface area (Å²) in [5, 5.41) is 4.88. The smallest absolute Gasteiger partial charge is 0.191 e. The van der Waals surface area contributed by atoms with Gasteiger partial charge in [-0.3, -0.25) is 14.4 Å². The second kappa shape index (κ2) is 11.1. The van der Waals surface area contributed by atoms with Crippen LogP contribution in [0.3, 0.4) is 0 Å². The highest BCUT2D eigenvalue weighted by Crippen LogP contribution is 2.37. The van der Waals surface area contributed by atoms with Crippen molar-refractivity contribution in [3.63, 3.8) is 0 Å². The highest BCUT2D eigenvalue weighted by Gasteiger charge is 2.26. The van der Waals surface area contributed by atoms with Gasteiger partial charge in [-0.1, -0.05) is 36.0 Å². The van der Waals surface area contributed by atoms with Gasteiger partial charge in [0.2, 0.25) is 0 Å². The summed E-state index contributed by atoms with van der Waals surface area (Å²) in [6, 6.07) is 9.33. The first-order valence-electron chi connectivity index (χ1n) is 11.6. The zero-order valence-corrected chi connectivity index (χ0v) is 20.5. The van der Waals surface area contributed by atoms with Gasteiger partial charge < -0.3 is 0 Å². The molecule has 1 aromatic carbocycles. The van der Waals surface area contributed by atoms with Crippen LogP contribution in [0, 0.1) is 11.8 Å². The fraction of sp³-hybridized carbons (Fsp3) is 0.600. The summed E-state index contributed by atoms with van der Waals surface area (Å²) in [6.07, 6.45) is 15.1. The monoisotopic (exact) mass is 457 g/mol. The summed E-state index contributed by atoms with van der Waals surface area (Å²) in [5.41, 5.74) is 2.88. The Morgan fingerprint density at radius 3 is 2.35 bits per heavy atom. The maximum Gasteiger partial charge on any atom is 0.191 e. The zero-order chi connectivity index (χ0) is 21.6. The van der Waals surface area contributed by atoms with Crippen LogP contribution in [0.15, 0.2) is 41.6 Å². The number of rotatable bonds is 7. The molecule has 31 heavy (non-hydrogen) atoms. The Hall–Kier alpha value is -1.24. The quantitative estimate of drug-likeness (QED) is 0.500. The Kier molecular flexibility index (Phi) is 8.18. The average Bonchev–Trinajstić information content (AvgIpc) is 3.28. The number of thioether (sulfide) groups is 2. The predicted octanol–water partition coefficient (Wildman–Crippen LogP) is 5.68. The minimum absolute atomic E-state index is 0.286. The van der Waals surface area contributed by atoms with E-state index in [1.807, 2.05) is 12.5 Å². The summed E-state index contributed by atoms with van der Waals surface area (Å²) in [4.78, 5) is 15.8. The van der Waals surface area contributed by atoms with Crippen molar-refractivity contribution in [1.82, 2.24) is 14.7 Å². The highest BCUT2D eigenvalue weighted by atomic mass is 32.2. The topological polar surface area (TPSA) is 38.1 Å². The summed E-state index contributed by atoms with van der Waals surface area (Å²) in [7, 11) is 0. The van der Waals surface area contributed by atoms with Crippen molar-refractivity contribution >= 4 is 28.6 Å². The lowest BCUT2D eigenvalue weighted by Gasteiger charge is -2.32. The second-order valence-corrected chi connectivity index (χ2v) is 10.8. The van der Waals surface area contributed by atoms with E-state index in [0.717, 1.165) is 44.7 Å². The van der Waals surface area contributed by atoms with E-state index in [1.165, 1.54) is 53.7 Å². The van der Waals surface area contributed by atoms with Crippen LogP contribution in [0.2, 0.25) is 0 Å². The van der Waals surface area contributed by atoms with Crippen LogP contribution in [-0.2, 0) is 17.9 Å². The molecule has 2 aliphatic rings. The predicted molar refractivity (Wildman–Crippen MR) is 132 cm³/mol. The standard InChI is InChI=1S/C25H35N3OS2/c1-30-24-15-26-28(18-24)17-20-11-13-27(14-12-20)16-19-3-5-21(6-4-19)22-7-9-23(10-8-22)25(29)31-2/h3-6,15,18,20,22-23H,7-14,16-17H2,1-2H3/t22-,23+. The lowest BCUT2D eigenvalue weighted by molar-refractivity contribution is -0.115. The number of hydrogen-bond acceptors (Lipinski definition) is 5. The molecule has 1 aliphatic carbocycles. The Bertz CT molecular complexity index is 835. The third-order valence-corrected chi connectivity index (χ3v) is 8.53. The Balaban J connectivity index is 1.21. The molecule has 168 valence electrons. The van der Waals surface area contributed by atoms with Crippen molar-refractivity contribution in [2.45, 2.75) is 62.4 Å². The van der Waals surface area contributed by atoms with Gasteiger partial charge in [0, 0.05) is 30.1 Å². The molecular formula is C25H35N3OS2. The van der Waals surface area contributed by atoms with Gasteiger partial charge >= 0.3 is 0 Å². The van der Waals surface area contributed by atoms with Gasteiger partial charge in [0.05, 0.1) is 6.20 Å². The molecule has 1 aliphatic heterocycles. The molecule has 0 unspecified atom stereocenters. The van der Waals surface area contributed by atoms with Gasteiger partial charge in [0.1, 0.15) is 0 Å². The first kappa shape index (κ1) is 22.9. The third-order valence-electron chi connectivity index (χ3n) is 7.12. The van der Waals surface area contributed by atoms with Crippen LogP contribution in [-0.4, -0.2) is 45.4 Å². The van der Waals surface area contributed by atoms with Crippen molar-refractivity contribution < 1.29 is 4.79 Å². The largest absolute Gasteiger partial charge is 0.299 e. The van der Waals surface area contributed by atoms with E-state index >= 15 is 0 Å². The molecule has 0 bridgehead atoms. The second-order valence-electron chi connectivity index (χ2n) is 9.14. The number of nitrogens with zero attached hydrogens (tertiary/aromatic N) is 3. The third kappa shape index (κ3) is 6.17. The summed E-state index contributed by atoms with van der Waals surface area (Å²) in [5.74, 6) is 1.65. The van der Waals surface area contributed by atoms with Crippen molar-refractivity contribution in [3.8, 4) is 0 Å². The molecule has 0 spiro atoms. The lowest BCUT2D eigenvalue weighted by Crippen LogP contribution is -2.34. The van der Waals surface area contributed by atoms with Crippen molar-refractivity contribution in [2.75, 3.05) is 25.6 Å². The lowest BCUT2D eigenvalue weighted by atomic mass is 9.79. The van der Waals surface area contributed by atoms with Gasteiger partial charge in [0.15, 0.2) is 5.12 Å². The van der Waals surface area contributed by atoms with Gasteiger partial charge in [-0.2, -0.15) is 5.10 Å². The average molecular weight is 458 g/mol. The number of aromatic nitrogens is 2. The molecule has 2 aromatic rings. The van der Waals surface area contributed by atoms with E-state index in [1.54, 1.807) is 11.8 Å². The number of carbonyl (C=O) groups is 1.